The molecule has 1 amide bonds. The summed E-state index contributed by atoms with van der Waals surface area (Å²) in [4.78, 5) is 13.7. The Morgan fingerprint density at radius 3 is 2.30 bits per heavy atom. The molecular weight excluding hydrogens is 274 g/mol. The third-order valence-corrected chi connectivity index (χ3v) is 3.21. The summed E-state index contributed by atoms with van der Waals surface area (Å²) in [7, 11) is 1.63. The third kappa shape index (κ3) is 3.52. The molecule has 0 aliphatic carbocycles. The molecule has 20 heavy (non-hydrogen) atoms. The highest BCUT2D eigenvalue weighted by Gasteiger charge is 2.14. The van der Waals surface area contributed by atoms with Crippen LogP contribution in [0.25, 0.3) is 0 Å². The van der Waals surface area contributed by atoms with Gasteiger partial charge in [-0.15, -0.1) is 11.6 Å². The Hall–Kier alpha value is -2.00. The predicted octanol–water partition coefficient (Wildman–Crippen LogP) is 3.47. The van der Waals surface area contributed by atoms with E-state index in [1.54, 1.807) is 12.0 Å². The molecule has 0 N–H and O–H groups in total. The van der Waals surface area contributed by atoms with Crippen molar-refractivity contribution in [3.05, 3.63) is 60.2 Å². The number of halogens is 1. The van der Waals surface area contributed by atoms with Crippen molar-refractivity contribution in [2.45, 2.75) is 6.54 Å². The first-order chi connectivity index (χ1) is 9.74. The van der Waals surface area contributed by atoms with Crippen LogP contribution in [0.1, 0.15) is 5.56 Å². The molecule has 104 valence electrons. The number of anilines is 1. The van der Waals surface area contributed by atoms with Crippen LogP contribution in [0.3, 0.4) is 0 Å². The molecule has 0 heterocycles. The van der Waals surface area contributed by atoms with Gasteiger partial charge in [-0.3, -0.25) is 4.79 Å². The first kappa shape index (κ1) is 14.4. The fraction of sp³-hybridized carbons (Fsp3) is 0.188. The Labute approximate surface area is 123 Å². The standard InChI is InChI=1S/C16H16ClNO2/c1-20-15-9-7-13(8-10-15)12-18(16(19)11-17)14-5-3-2-4-6-14/h2-10H,11-12H2,1H3. The molecule has 0 saturated carbocycles. The van der Waals surface area contributed by atoms with E-state index in [2.05, 4.69) is 0 Å². The van der Waals surface area contributed by atoms with Gasteiger partial charge in [0.15, 0.2) is 0 Å². The van der Waals surface area contributed by atoms with Gasteiger partial charge in [0, 0.05) is 5.69 Å². The van der Waals surface area contributed by atoms with Gasteiger partial charge in [-0.05, 0) is 29.8 Å². The predicted molar refractivity (Wildman–Crippen MR) is 81.3 cm³/mol. The van der Waals surface area contributed by atoms with Crippen LogP contribution < -0.4 is 9.64 Å². The molecular formula is C16H16ClNO2. The maximum Gasteiger partial charge on any atom is 0.242 e. The van der Waals surface area contributed by atoms with E-state index in [0.29, 0.717) is 6.54 Å². The zero-order valence-corrected chi connectivity index (χ0v) is 12.0. The number of amides is 1. The highest BCUT2D eigenvalue weighted by atomic mass is 35.5. The van der Waals surface area contributed by atoms with Crippen molar-refractivity contribution in [3.8, 4) is 5.75 Å². The molecule has 2 rings (SSSR count). The van der Waals surface area contributed by atoms with Crippen LogP contribution in [0.15, 0.2) is 54.6 Å². The highest BCUT2D eigenvalue weighted by molar-refractivity contribution is 6.29. The number of hydrogen-bond donors (Lipinski definition) is 0. The number of para-hydroxylation sites is 1. The summed E-state index contributed by atoms with van der Waals surface area (Å²) in [5.74, 6) is 0.641. The van der Waals surface area contributed by atoms with Gasteiger partial charge in [0.05, 0.1) is 13.7 Å². The Morgan fingerprint density at radius 1 is 1.10 bits per heavy atom. The Kier molecular flexibility index (Phi) is 5.02. The van der Waals surface area contributed by atoms with E-state index in [9.17, 15) is 4.79 Å². The molecule has 0 atom stereocenters. The van der Waals surface area contributed by atoms with Crippen molar-refractivity contribution < 1.29 is 9.53 Å². The maximum atomic E-state index is 12.0. The second-order valence-corrected chi connectivity index (χ2v) is 4.56. The number of rotatable bonds is 5. The molecule has 0 fully saturated rings. The SMILES string of the molecule is COc1ccc(CN(C(=O)CCl)c2ccccc2)cc1. The summed E-state index contributed by atoms with van der Waals surface area (Å²) in [5.41, 5.74) is 1.86. The van der Waals surface area contributed by atoms with Crippen molar-refractivity contribution in [2.24, 2.45) is 0 Å². The Balaban J connectivity index is 2.21. The van der Waals surface area contributed by atoms with E-state index in [0.717, 1.165) is 17.0 Å². The topological polar surface area (TPSA) is 29.5 Å². The molecule has 0 aliphatic heterocycles. The number of ether oxygens (including phenoxy) is 1. The Morgan fingerprint density at radius 2 is 1.75 bits per heavy atom. The second-order valence-electron chi connectivity index (χ2n) is 4.30. The number of carbonyl (C=O) groups is 1. The fourth-order valence-electron chi connectivity index (χ4n) is 1.92. The van der Waals surface area contributed by atoms with Gasteiger partial charge in [-0.25, -0.2) is 0 Å². The molecule has 2 aromatic rings. The van der Waals surface area contributed by atoms with Gasteiger partial charge in [0.25, 0.3) is 0 Å². The van der Waals surface area contributed by atoms with E-state index in [-0.39, 0.29) is 11.8 Å². The first-order valence-electron chi connectivity index (χ1n) is 6.29. The maximum absolute atomic E-state index is 12.0. The molecule has 3 nitrogen and oxygen atoms in total. The van der Waals surface area contributed by atoms with Crippen molar-refractivity contribution in [1.29, 1.82) is 0 Å². The zero-order chi connectivity index (χ0) is 14.4. The quantitative estimate of drug-likeness (QED) is 0.789. The van der Waals surface area contributed by atoms with Crippen molar-refractivity contribution in [1.82, 2.24) is 0 Å². The molecule has 4 heteroatoms. The van der Waals surface area contributed by atoms with E-state index in [1.807, 2.05) is 54.6 Å². The zero-order valence-electron chi connectivity index (χ0n) is 11.3. The van der Waals surface area contributed by atoms with Crippen LogP contribution in [-0.4, -0.2) is 18.9 Å². The number of carbonyl (C=O) groups excluding carboxylic acids is 1. The van der Waals surface area contributed by atoms with E-state index in [4.69, 9.17) is 16.3 Å². The minimum absolute atomic E-state index is 0.0367. The molecule has 0 bridgehead atoms. The monoisotopic (exact) mass is 289 g/mol. The lowest BCUT2D eigenvalue weighted by molar-refractivity contribution is -0.116. The number of hydrogen-bond acceptors (Lipinski definition) is 2. The van der Waals surface area contributed by atoms with Gasteiger partial charge < -0.3 is 9.64 Å². The molecule has 0 aliphatic rings. The number of alkyl halides is 1. The number of methoxy groups -OCH3 is 1. The summed E-state index contributed by atoms with van der Waals surface area (Å²) in [5, 5.41) is 0. The minimum atomic E-state index is -0.117. The smallest absolute Gasteiger partial charge is 0.242 e. The summed E-state index contributed by atoms with van der Waals surface area (Å²) in [6, 6.07) is 17.2. The van der Waals surface area contributed by atoms with Gasteiger partial charge in [0.1, 0.15) is 11.6 Å². The molecule has 2 aromatic carbocycles. The van der Waals surface area contributed by atoms with Crippen molar-refractivity contribution >= 4 is 23.2 Å². The average Bonchev–Trinajstić information content (AvgIpc) is 2.53. The molecule has 0 aromatic heterocycles. The Bertz CT molecular complexity index is 554. The number of benzene rings is 2. The summed E-state index contributed by atoms with van der Waals surface area (Å²) < 4.78 is 5.13. The summed E-state index contributed by atoms with van der Waals surface area (Å²) in [6.07, 6.45) is 0. The normalized spacial score (nSPS) is 10.1. The summed E-state index contributed by atoms with van der Waals surface area (Å²) >= 11 is 5.70. The van der Waals surface area contributed by atoms with Crippen LogP contribution in [0.5, 0.6) is 5.75 Å². The lowest BCUT2D eigenvalue weighted by Crippen LogP contribution is -2.31. The van der Waals surface area contributed by atoms with E-state index in [1.165, 1.54) is 0 Å². The van der Waals surface area contributed by atoms with Crippen LogP contribution in [-0.2, 0) is 11.3 Å². The van der Waals surface area contributed by atoms with Gasteiger partial charge in [0.2, 0.25) is 5.91 Å². The first-order valence-corrected chi connectivity index (χ1v) is 6.82. The highest BCUT2D eigenvalue weighted by Crippen LogP contribution is 2.19. The molecule has 0 radical (unpaired) electrons. The lowest BCUT2D eigenvalue weighted by atomic mass is 10.2. The van der Waals surface area contributed by atoms with Gasteiger partial charge in [-0.2, -0.15) is 0 Å². The van der Waals surface area contributed by atoms with E-state index < -0.39 is 0 Å². The van der Waals surface area contributed by atoms with Crippen LogP contribution in [0, 0.1) is 0 Å². The largest absolute Gasteiger partial charge is 0.497 e. The fourth-order valence-corrected chi connectivity index (χ4v) is 2.06. The average molecular weight is 290 g/mol. The second kappa shape index (κ2) is 6.96. The molecule has 0 saturated heterocycles. The van der Waals surface area contributed by atoms with Crippen LogP contribution in [0.4, 0.5) is 5.69 Å². The van der Waals surface area contributed by atoms with E-state index >= 15 is 0 Å². The molecule has 0 spiro atoms. The van der Waals surface area contributed by atoms with Gasteiger partial charge >= 0.3 is 0 Å². The molecule has 0 unspecified atom stereocenters. The lowest BCUT2D eigenvalue weighted by Gasteiger charge is -2.22. The minimum Gasteiger partial charge on any atom is -0.497 e. The van der Waals surface area contributed by atoms with Crippen molar-refractivity contribution in [2.75, 3.05) is 17.9 Å². The summed E-state index contributed by atoms with van der Waals surface area (Å²) in [6.45, 7) is 0.486. The van der Waals surface area contributed by atoms with Gasteiger partial charge in [-0.1, -0.05) is 30.3 Å². The van der Waals surface area contributed by atoms with Crippen LogP contribution in [0.2, 0.25) is 0 Å². The number of nitrogens with zero attached hydrogens (tertiary/aromatic N) is 1. The van der Waals surface area contributed by atoms with Crippen molar-refractivity contribution in [3.63, 3.8) is 0 Å². The van der Waals surface area contributed by atoms with Crippen LogP contribution >= 0.6 is 11.6 Å². The third-order valence-electron chi connectivity index (χ3n) is 2.98.